The van der Waals surface area contributed by atoms with E-state index in [9.17, 15) is 0 Å². The van der Waals surface area contributed by atoms with Crippen LogP contribution < -0.4 is 5.73 Å². The fraction of sp³-hybridized carbons (Fsp3) is 0.800. The maximum atomic E-state index is 6.26. The lowest BCUT2D eigenvalue weighted by Gasteiger charge is -2.31. The van der Waals surface area contributed by atoms with Gasteiger partial charge in [0.1, 0.15) is 0 Å². The van der Waals surface area contributed by atoms with Crippen LogP contribution in [-0.2, 0) is 4.74 Å². The molecule has 12 heavy (non-hydrogen) atoms. The molecule has 2 nitrogen and oxygen atoms in total. The Balaban J connectivity index is 2.07. The maximum absolute atomic E-state index is 6.26. The van der Waals surface area contributed by atoms with Crippen molar-refractivity contribution in [3.8, 4) is 0 Å². The first-order valence-corrected chi connectivity index (χ1v) is 4.69. The van der Waals surface area contributed by atoms with Gasteiger partial charge in [-0.15, -0.1) is 6.58 Å². The lowest BCUT2D eigenvalue weighted by Crippen LogP contribution is -2.48. The molecule has 2 heterocycles. The van der Waals surface area contributed by atoms with E-state index in [1.54, 1.807) is 0 Å². The van der Waals surface area contributed by atoms with Gasteiger partial charge in [-0.25, -0.2) is 0 Å². The molecular formula is C10H17NO. The molecule has 0 aromatic rings. The van der Waals surface area contributed by atoms with Crippen molar-refractivity contribution in [3.63, 3.8) is 0 Å². The van der Waals surface area contributed by atoms with Gasteiger partial charge in [-0.05, 0) is 32.6 Å². The molecule has 2 aliphatic heterocycles. The molecule has 0 aromatic carbocycles. The molecule has 2 N–H and O–H groups in total. The van der Waals surface area contributed by atoms with Gasteiger partial charge < -0.3 is 10.5 Å². The van der Waals surface area contributed by atoms with Gasteiger partial charge in [-0.2, -0.15) is 0 Å². The van der Waals surface area contributed by atoms with Crippen molar-refractivity contribution in [2.24, 2.45) is 5.73 Å². The first kappa shape index (κ1) is 8.27. The molecule has 2 saturated heterocycles. The molecule has 0 spiro atoms. The molecule has 0 saturated carbocycles. The summed E-state index contributed by atoms with van der Waals surface area (Å²) < 4.78 is 5.72. The Morgan fingerprint density at radius 1 is 1.67 bits per heavy atom. The van der Waals surface area contributed by atoms with Crippen LogP contribution in [0.2, 0.25) is 0 Å². The molecule has 0 amide bonds. The number of hydrogen-bond acceptors (Lipinski definition) is 2. The lowest BCUT2D eigenvalue weighted by atomic mass is 9.78. The van der Waals surface area contributed by atoms with E-state index in [-0.39, 0.29) is 5.54 Å². The zero-order valence-corrected chi connectivity index (χ0v) is 7.68. The summed E-state index contributed by atoms with van der Waals surface area (Å²) in [4.78, 5) is 0. The molecule has 2 fully saturated rings. The summed E-state index contributed by atoms with van der Waals surface area (Å²) in [6.07, 6.45) is 5.06. The van der Waals surface area contributed by atoms with E-state index in [1.807, 2.05) is 6.92 Å². The maximum Gasteiger partial charge on any atom is 0.0763 e. The van der Waals surface area contributed by atoms with Crippen LogP contribution in [0.1, 0.15) is 32.6 Å². The van der Waals surface area contributed by atoms with Crippen LogP contribution in [0.25, 0.3) is 0 Å². The predicted octanol–water partition coefficient (Wildman–Crippen LogP) is 1.60. The number of rotatable bonds is 2. The molecule has 2 bridgehead atoms. The average molecular weight is 167 g/mol. The topological polar surface area (TPSA) is 35.2 Å². The van der Waals surface area contributed by atoms with Crippen LogP contribution in [0.4, 0.5) is 0 Å². The first-order chi connectivity index (χ1) is 5.60. The molecule has 2 heteroatoms. The van der Waals surface area contributed by atoms with Gasteiger partial charge >= 0.3 is 0 Å². The smallest absolute Gasteiger partial charge is 0.0763 e. The zero-order chi connectivity index (χ0) is 8.77. The van der Waals surface area contributed by atoms with E-state index in [0.29, 0.717) is 12.2 Å². The van der Waals surface area contributed by atoms with Crippen LogP contribution in [0, 0.1) is 0 Å². The molecule has 2 rings (SSSR count). The van der Waals surface area contributed by atoms with Gasteiger partial charge in [0, 0.05) is 5.54 Å². The van der Waals surface area contributed by atoms with Crippen molar-refractivity contribution in [2.75, 3.05) is 0 Å². The Hall–Kier alpha value is -0.340. The average Bonchev–Trinajstić information content (AvgIpc) is 2.42. The van der Waals surface area contributed by atoms with E-state index in [0.717, 1.165) is 19.3 Å². The zero-order valence-electron chi connectivity index (χ0n) is 7.68. The van der Waals surface area contributed by atoms with E-state index in [2.05, 4.69) is 6.58 Å². The van der Waals surface area contributed by atoms with E-state index in [4.69, 9.17) is 10.5 Å². The van der Waals surface area contributed by atoms with Crippen molar-refractivity contribution in [1.82, 2.24) is 0 Å². The Morgan fingerprint density at radius 3 is 2.83 bits per heavy atom. The van der Waals surface area contributed by atoms with Gasteiger partial charge in [-0.3, -0.25) is 0 Å². The molecule has 3 unspecified atom stereocenters. The van der Waals surface area contributed by atoms with E-state index < -0.39 is 0 Å². The van der Waals surface area contributed by atoms with Crippen molar-refractivity contribution < 1.29 is 4.74 Å². The number of ether oxygens (including phenoxy) is 1. The number of hydrogen-bond donors (Lipinski definition) is 1. The Morgan fingerprint density at radius 2 is 2.42 bits per heavy atom. The summed E-state index contributed by atoms with van der Waals surface area (Å²) in [6, 6.07) is 0. The van der Waals surface area contributed by atoms with Gasteiger partial charge in [0.05, 0.1) is 12.2 Å². The quantitative estimate of drug-likeness (QED) is 0.634. The van der Waals surface area contributed by atoms with Crippen LogP contribution >= 0.6 is 0 Å². The normalized spacial score (nSPS) is 45.2. The minimum Gasteiger partial charge on any atom is -0.373 e. The third kappa shape index (κ3) is 1.19. The third-order valence-corrected chi connectivity index (χ3v) is 2.99. The Bertz CT molecular complexity index is 214. The van der Waals surface area contributed by atoms with Crippen LogP contribution in [0.5, 0.6) is 0 Å². The third-order valence-electron chi connectivity index (χ3n) is 2.99. The van der Waals surface area contributed by atoms with Gasteiger partial charge in [0.2, 0.25) is 0 Å². The second kappa shape index (κ2) is 2.57. The van der Waals surface area contributed by atoms with Crippen molar-refractivity contribution in [1.29, 1.82) is 0 Å². The molecule has 0 aromatic heterocycles. The van der Waals surface area contributed by atoms with Gasteiger partial charge in [0.15, 0.2) is 0 Å². The lowest BCUT2D eigenvalue weighted by molar-refractivity contribution is 0.0856. The van der Waals surface area contributed by atoms with Crippen molar-refractivity contribution in [2.45, 2.75) is 50.4 Å². The summed E-state index contributed by atoms with van der Waals surface area (Å²) in [6.45, 7) is 5.95. The highest BCUT2D eigenvalue weighted by Gasteiger charge is 2.49. The monoisotopic (exact) mass is 167 g/mol. The number of nitrogens with two attached hydrogens (primary N) is 1. The highest BCUT2D eigenvalue weighted by Crippen LogP contribution is 2.42. The van der Waals surface area contributed by atoms with Crippen molar-refractivity contribution >= 4 is 0 Å². The van der Waals surface area contributed by atoms with Gasteiger partial charge in [-0.1, -0.05) is 5.57 Å². The highest BCUT2D eigenvalue weighted by atomic mass is 16.5. The fourth-order valence-electron chi connectivity index (χ4n) is 2.58. The molecule has 3 atom stereocenters. The highest BCUT2D eigenvalue weighted by molar-refractivity contribution is 5.11. The molecule has 0 aliphatic carbocycles. The minimum absolute atomic E-state index is 0.0885. The van der Waals surface area contributed by atoms with Crippen LogP contribution in [-0.4, -0.2) is 17.7 Å². The summed E-state index contributed by atoms with van der Waals surface area (Å²) in [5.41, 5.74) is 7.35. The number of fused-ring (bicyclic) bond motifs is 2. The fourth-order valence-corrected chi connectivity index (χ4v) is 2.58. The molecular weight excluding hydrogens is 150 g/mol. The summed E-state index contributed by atoms with van der Waals surface area (Å²) in [5, 5.41) is 0. The second-order valence-corrected chi connectivity index (χ2v) is 4.40. The van der Waals surface area contributed by atoms with Crippen LogP contribution in [0.15, 0.2) is 12.2 Å². The Labute approximate surface area is 73.8 Å². The Kier molecular flexibility index (Phi) is 1.77. The largest absolute Gasteiger partial charge is 0.373 e. The summed E-state index contributed by atoms with van der Waals surface area (Å²) in [7, 11) is 0. The SMILES string of the molecule is C=C(C)CC1(N)CC2CCC1O2. The van der Waals surface area contributed by atoms with Crippen molar-refractivity contribution in [3.05, 3.63) is 12.2 Å². The second-order valence-electron chi connectivity index (χ2n) is 4.40. The molecule has 0 radical (unpaired) electrons. The molecule has 2 aliphatic rings. The van der Waals surface area contributed by atoms with E-state index in [1.165, 1.54) is 12.0 Å². The van der Waals surface area contributed by atoms with Gasteiger partial charge in [0.25, 0.3) is 0 Å². The standard InChI is InChI=1S/C10H17NO/c1-7(2)5-10(11)6-8-3-4-9(10)12-8/h8-9H,1,3-6,11H2,2H3. The van der Waals surface area contributed by atoms with Crippen LogP contribution in [0.3, 0.4) is 0 Å². The summed E-state index contributed by atoms with van der Waals surface area (Å²) in [5.74, 6) is 0. The predicted molar refractivity (Wildman–Crippen MR) is 48.9 cm³/mol. The molecule has 68 valence electrons. The minimum atomic E-state index is -0.0885. The van der Waals surface area contributed by atoms with E-state index >= 15 is 0 Å². The summed E-state index contributed by atoms with van der Waals surface area (Å²) >= 11 is 0. The first-order valence-electron chi connectivity index (χ1n) is 4.69.